The topological polar surface area (TPSA) is 75.6 Å². The van der Waals surface area contributed by atoms with E-state index in [0.717, 1.165) is 9.13 Å². The normalized spacial score (nSPS) is 13.5. The van der Waals surface area contributed by atoms with Gasteiger partial charge in [-0.05, 0) is 52.6 Å². The van der Waals surface area contributed by atoms with Gasteiger partial charge in [0, 0.05) is 9.99 Å². The predicted octanol–water partition coefficient (Wildman–Crippen LogP) is 1.90. The summed E-state index contributed by atoms with van der Waals surface area (Å²) < 4.78 is 5.82. The van der Waals surface area contributed by atoms with Crippen LogP contribution < -0.4 is 5.32 Å². The number of esters is 1. The standard InChI is InChI=1S/C16H22INO4/c1-10(2)8-14(19)15(20)18-13(16(21)22-3)9-11-4-6-12(17)7-5-11/h4-7,10,13-14,19H,8-9H2,1-3H3,(H,18,20)/t13-,14-/m1/s1. The highest BCUT2D eigenvalue weighted by Gasteiger charge is 2.25. The zero-order chi connectivity index (χ0) is 16.7. The molecule has 0 spiro atoms. The average molecular weight is 419 g/mol. The number of methoxy groups -OCH3 is 1. The number of rotatable bonds is 7. The second-order valence-corrected chi connectivity index (χ2v) is 6.81. The number of carbonyl (C=O) groups excluding carboxylic acids is 2. The maximum absolute atomic E-state index is 12.0. The van der Waals surface area contributed by atoms with E-state index in [2.05, 4.69) is 27.9 Å². The van der Waals surface area contributed by atoms with Crippen molar-refractivity contribution in [1.82, 2.24) is 5.32 Å². The average Bonchev–Trinajstić information content (AvgIpc) is 2.47. The summed E-state index contributed by atoms with van der Waals surface area (Å²) in [6.45, 7) is 3.83. The lowest BCUT2D eigenvalue weighted by molar-refractivity contribution is -0.146. The highest BCUT2D eigenvalue weighted by Crippen LogP contribution is 2.10. The Morgan fingerprint density at radius 3 is 2.36 bits per heavy atom. The van der Waals surface area contributed by atoms with Crippen LogP contribution in [0.5, 0.6) is 0 Å². The van der Waals surface area contributed by atoms with Gasteiger partial charge in [-0.2, -0.15) is 0 Å². The summed E-state index contributed by atoms with van der Waals surface area (Å²) >= 11 is 2.20. The summed E-state index contributed by atoms with van der Waals surface area (Å²) in [6, 6.07) is 6.85. The summed E-state index contributed by atoms with van der Waals surface area (Å²) in [6.07, 6.45) is -0.448. The van der Waals surface area contributed by atoms with Crippen molar-refractivity contribution < 1.29 is 19.4 Å². The molecular formula is C16H22INO4. The van der Waals surface area contributed by atoms with Crippen molar-refractivity contribution in [3.63, 3.8) is 0 Å². The van der Waals surface area contributed by atoms with E-state index in [4.69, 9.17) is 4.74 Å². The first-order chi connectivity index (χ1) is 10.3. The van der Waals surface area contributed by atoms with Crippen molar-refractivity contribution in [2.24, 2.45) is 5.92 Å². The minimum Gasteiger partial charge on any atom is -0.467 e. The molecule has 6 heteroatoms. The van der Waals surface area contributed by atoms with E-state index in [1.807, 2.05) is 38.1 Å². The number of hydrogen-bond acceptors (Lipinski definition) is 4. The molecule has 0 aliphatic heterocycles. The fourth-order valence-electron chi connectivity index (χ4n) is 2.01. The van der Waals surface area contributed by atoms with Gasteiger partial charge in [0.05, 0.1) is 7.11 Å². The van der Waals surface area contributed by atoms with Crippen LogP contribution in [-0.4, -0.2) is 36.2 Å². The van der Waals surface area contributed by atoms with E-state index in [0.29, 0.717) is 12.8 Å². The molecule has 22 heavy (non-hydrogen) atoms. The van der Waals surface area contributed by atoms with Gasteiger partial charge in [0.25, 0.3) is 0 Å². The number of amides is 1. The Balaban J connectivity index is 2.74. The van der Waals surface area contributed by atoms with Gasteiger partial charge in [-0.15, -0.1) is 0 Å². The molecule has 2 atom stereocenters. The third-order valence-corrected chi connectivity index (χ3v) is 3.87. The molecule has 5 nitrogen and oxygen atoms in total. The fraction of sp³-hybridized carbons (Fsp3) is 0.500. The quantitative estimate of drug-likeness (QED) is 0.523. The van der Waals surface area contributed by atoms with Crippen molar-refractivity contribution in [2.75, 3.05) is 7.11 Å². The molecule has 1 aromatic rings. The molecule has 2 N–H and O–H groups in total. The molecule has 0 saturated carbocycles. The van der Waals surface area contributed by atoms with Crippen molar-refractivity contribution in [1.29, 1.82) is 0 Å². The van der Waals surface area contributed by atoms with Crippen LogP contribution in [0.3, 0.4) is 0 Å². The molecule has 1 aromatic carbocycles. The van der Waals surface area contributed by atoms with Crippen LogP contribution in [-0.2, 0) is 20.7 Å². The van der Waals surface area contributed by atoms with E-state index in [1.165, 1.54) is 7.11 Å². The van der Waals surface area contributed by atoms with Gasteiger partial charge in [0.15, 0.2) is 0 Å². The molecule has 0 heterocycles. The van der Waals surface area contributed by atoms with Crippen LogP contribution in [0.25, 0.3) is 0 Å². The molecule has 0 radical (unpaired) electrons. The lowest BCUT2D eigenvalue weighted by Gasteiger charge is -2.19. The Morgan fingerprint density at radius 2 is 1.86 bits per heavy atom. The molecular weight excluding hydrogens is 397 g/mol. The Bertz CT molecular complexity index is 501. The molecule has 0 fully saturated rings. The van der Waals surface area contributed by atoms with Gasteiger partial charge in [0.2, 0.25) is 5.91 Å². The molecule has 0 aliphatic rings. The molecule has 0 unspecified atom stereocenters. The molecule has 0 aliphatic carbocycles. The van der Waals surface area contributed by atoms with Crippen LogP contribution in [0.2, 0.25) is 0 Å². The predicted molar refractivity (Wildman–Crippen MR) is 92.3 cm³/mol. The summed E-state index contributed by atoms with van der Waals surface area (Å²) in [4.78, 5) is 23.8. The van der Waals surface area contributed by atoms with Crippen LogP contribution in [0.1, 0.15) is 25.8 Å². The summed E-state index contributed by atoms with van der Waals surface area (Å²) in [5.74, 6) is -0.883. The van der Waals surface area contributed by atoms with Gasteiger partial charge in [-0.1, -0.05) is 26.0 Å². The van der Waals surface area contributed by atoms with Gasteiger partial charge < -0.3 is 15.2 Å². The monoisotopic (exact) mass is 419 g/mol. The highest BCUT2D eigenvalue weighted by atomic mass is 127. The number of nitrogens with one attached hydrogen (secondary N) is 1. The van der Waals surface area contributed by atoms with Crippen molar-refractivity contribution in [3.8, 4) is 0 Å². The summed E-state index contributed by atoms with van der Waals surface area (Å²) in [5.41, 5.74) is 0.912. The summed E-state index contributed by atoms with van der Waals surface area (Å²) in [5, 5.41) is 12.4. The van der Waals surface area contributed by atoms with E-state index < -0.39 is 24.0 Å². The van der Waals surface area contributed by atoms with Crippen LogP contribution in [0.15, 0.2) is 24.3 Å². The minimum absolute atomic E-state index is 0.188. The van der Waals surface area contributed by atoms with E-state index in [-0.39, 0.29) is 5.92 Å². The second kappa shape index (κ2) is 9.09. The second-order valence-electron chi connectivity index (χ2n) is 5.56. The zero-order valence-corrected chi connectivity index (χ0v) is 15.2. The largest absolute Gasteiger partial charge is 0.467 e. The first-order valence-corrected chi connectivity index (χ1v) is 8.22. The zero-order valence-electron chi connectivity index (χ0n) is 13.0. The summed E-state index contributed by atoms with van der Waals surface area (Å²) in [7, 11) is 1.28. The molecule has 1 rings (SSSR count). The lowest BCUT2D eigenvalue weighted by atomic mass is 10.0. The molecule has 122 valence electrons. The van der Waals surface area contributed by atoms with Crippen LogP contribution >= 0.6 is 22.6 Å². The number of ether oxygens (including phenoxy) is 1. The van der Waals surface area contributed by atoms with Gasteiger partial charge in [-0.25, -0.2) is 4.79 Å². The van der Waals surface area contributed by atoms with Gasteiger partial charge >= 0.3 is 5.97 Å². The molecule has 0 bridgehead atoms. The van der Waals surface area contributed by atoms with E-state index in [9.17, 15) is 14.7 Å². The maximum atomic E-state index is 12.0. The third-order valence-electron chi connectivity index (χ3n) is 3.15. The highest BCUT2D eigenvalue weighted by molar-refractivity contribution is 14.1. The minimum atomic E-state index is -1.12. The van der Waals surface area contributed by atoms with Crippen molar-refractivity contribution in [2.45, 2.75) is 38.8 Å². The number of aliphatic hydroxyl groups is 1. The Labute approximate surface area is 144 Å². The number of hydrogen-bond donors (Lipinski definition) is 2. The number of benzene rings is 1. The first kappa shape index (κ1) is 18.9. The number of aliphatic hydroxyl groups excluding tert-OH is 1. The molecule has 0 saturated heterocycles. The van der Waals surface area contributed by atoms with Crippen LogP contribution in [0.4, 0.5) is 0 Å². The first-order valence-electron chi connectivity index (χ1n) is 7.14. The lowest BCUT2D eigenvalue weighted by Crippen LogP contribution is -2.47. The van der Waals surface area contributed by atoms with Gasteiger partial charge in [0.1, 0.15) is 12.1 Å². The van der Waals surface area contributed by atoms with Crippen molar-refractivity contribution in [3.05, 3.63) is 33.4 Å². The van der Waals surface area contributed by atoms with Crippen LogP contribution in [0, 0.1) is 9.49 Å². The Kier molecular flexibility index (Phi) is 7.81. The van der Waals surface area contributed by atoms with E-state index in [1.54, 1.807) is 0 Å². The maximum Gasteiger partial charge on any atom is 0.328 e. The molecule has 0 aromatic heterocycles. The van der Waals surface area contributed by atoms with Crippen molar-refractivity contribution >= 4 is 34.5 Å². The van der Waals surface area contributed by atoms with E-state index >= 15 is 0 Å². The fourth-order valence-corrected chi connectivity index (χ4v) is 2.37. The Morgan fingerprint density at radius 1 is 1.27 bits per heavy atom. The van der Waals surface area contributed by atoms with Gasteiger partial charge in [-0.3, -0.25) is 4.79 Å². The SMILES string of the molecule is COC(=O)[C@@H](Cc1ccc(I)cc1)NC(=O)[C@H](O)CC(C)C. The Hall–Kier alpha value is -1.15. The number of halogens is 1. The number of carbonyl (C=O) groups is 2. The molecule has 1 amide bonds. The smallest absolute Gasteiger partial charge is 0.328 e. The third kappa shape index (κ3) is 6.31.